The Labute approximate surface area is 175 Å². The molecular formula is C21H24ClN5O2. The van der Waals surface area contributed by atoms with Gasteiger partial charge in [0, 0.05) is 37.4 Å². The van der Waals surface area contributed by atoms with Gasteiger partial charge in [-0.1, -0.05) is 17.7 Å². The van der Waals surface area contributed by atoms with Crippen molar-refractivity contribution in [1.82, 2.24) is 10.2 Å². The lowest BCUT2D eigenvalue weighted by molar-refractivity contribution is -0.120. The first kappa shape index (κ1) is 19.6. The number of hydrogen-bond donors (Lipinski definition) is 1. The lowest BCUT2D eigenvalue weighted by atomic mass is 9.97. The summed E-state index contributed by atoms with van der Waals surface area (Å²) in [5, 5.41) is 11.4. The van der Waals surface area contributed by atoms with Crippen LogP contribution in [0.5, 0.6) is 0 Å². The van der Waals surface area contributed by atoms with Crippen molar-refractivity contribution in [2.24, 2.45) is 5.92 Å². The van der Waals surface area contributed by atoms with Crippen LogP contribution in [0.2, 0.25) is 5.15 Å². The number of carbonyl (C=O) groups excluding carboxylic acids is 2. The van der Waals surface area contributed by atoms with Crippen molar-refractivity contribution >= 4 is 40.6 Å². The summed E-state index contributed by atoms with van der Waals surface area (Å²) >= 11 is 5.82. The van der Waals surface area contributed by atoms with E-state index in [1.165, 1.54) is 0 Å². The maximum absolute atomic E-state index is 12.9. The van der Waals surface area contributed by atoms with E-state index in [1.807, 2.05) is 30.3 Å². The fraction of sp³-hybridized carbons (Fsp3) is 0.429. The number of benzene rings is 1. The lowest BCUT2D eigenvalue weighted by Gasteiger charge is -2.32. The van der Waals surface area contributed by atoms with Gasteiger partial charge in [-0.25, -0.2) is 0 Å². The van der Waals surface area contributed by atoms with Gasteiger partial charge in [-0.2, -0.15) is 0 Å². The number of nitrogens with zero attached hydrogens (tertiary/aromatic N) is 4. The fourth-order valence-corrected chi connectivity index (χ4v) is 4.05. The highest BCUT2D eigenvalue weighted by molar-refractivity contribution is 6.29. The predicted molar refractivity (Wildman–Crippen MR) is 113 cm³/mol. The minimum absolute atomic E-state index is 0.0151. The van der Waals surface area contributed by atoms with E-state index in [2.05, 4.69) is 20.4 Å². The number of halogens is 1. The number of anilines is 3. The summed E-state index contributed by atoms with van der Waals surface area (Å²) in [5.41, 5.74) is 1.56. The van der Waals surface area contributed by atoms with E-state index in [4.69, 9.17) is 11.6 Å². The van der Waals surface area contributed by atoms with Gasteiger partial charge in [-0.15, -0.1) is 10.2 Å². The molecule has 1 atom stereocenters. The monoisotopic (exact) mass is 413 g/mol. The zero-order chi connectivity index (χ0) is 20.2. The standard InChI is InChI=1S/C21H24ClN5O2/c22-18-9-10-19(25-24-18)26-11-4-5-15(14-26)21(29)23-16-6-3-7-17(13-16)27-12-2-1-8-20(27)28/h3,6-7,9-10,13,15H,1-2,4-5,8,11-12,14H2,(H,23,29). The van der Waals surface area contributed by atoms with Crippen LogP contribution in [0.4, 0.5) is 17.2 Å². The quantitative estimate of drug-likeness (QED) is 0.829. The Kier molecular flexibility index (Phi) is 5.94. The van der Waals surface area contributed by atoms with E-state index in [0.717, 1.165) is 50.3 Å². The lowest BCUT2D eigenvalue weighted by Crippen LogP contribution is -2.41. The Morgan fingerprint density at radius 2 is 2.00 bits per heavy atom. The molecule has 8 heteroatoms. The number of aromatic nitrogens is 2. The second kappa shape index (κ2) is 8.78. The first-order valence-corrected chi connectivity index (χ1v) is 10.4. The van der Waals surface area contributed by atoms with Crippen LogP contribution in [0.3, 0.4) is 0 Å². The number of hydrogen-bond acceptors (Lipinski definition) is 5. The Morgan fingerprint density at radius 3 is 2.79 bits per heavy atom. The van der Waals surface area contributed by atoms with Gasteiger partial charge >= 0.3 is 0 Å². The molecule has 2 saturated heterocycles. The van der Waals surface area contributed by atoms with Crippen LogP contribution in [0.15, 0.2) is 36.4 Å². The molecule has 0 bridgehead atoms. The molecule has 1 N–H and O–H groups in total. The van der Waals surface area contributed by atoms with E-state index < -0.39 is 0 Å². The summed E-state index contributed by atoms with van der Waals surface area (Å²) < 4.78 is 0. The molecule has 0 saturated carbocycles. The highest BCUT2D eigenvalue weighted by atomic mass is 35.5. The third-order valence-electron chi connectivity index (χ3n) is 5.48. The summed E-state index contributed by atoms with van der Waals surface area (Å²) in [6.45, 7) is 2.16. The molecule has 0 radical (unpaired) electrons. The summed E-state index contributed by atoms with van der Waals surface area (Å²) in [4.78, 5) is 28.9. The van der Waals surface area contributed by atoms with E-state index in [1.54, 1.807) is 11.0 Å². The SMILES string of the molecule is O=C(Nc1cccc(N2CCCCC2=O)c1)C1CCCN(c2ccc(Cl)nn2)C1. The number of carbonyl (C=O) groups is 2. The highest BCUT2D eigenvalue weighted by Crippen LogP contribution is 2.26. The molecule has 3 heterocycles. The third kappa shape index (κ3) is 4.67. The molecule has 7 nitrogen and oxygen atoms in total. The Morgan fingerprint density at radius 1 is 1.10 bits per heavy atom. The molecule has 152 valence electrons. The molecule has 0 spiro atoms. The van der Waals surface area contributed by atoms with Crippen LogP contribution in [0, 0.1) is 5.92 Å². The van der Waals surface area contributed by atoms with Crippen molar-refractivity contribution in [2.75, 3.05) is 34.8 Å². The van der Waals surface area contributed by atoms with Gasteiger partial charge in [0.25, 0.3) is 0 Å². The summed E-state index contributed by atoms with van der Waals surface area (Å²) in [6.07, 6.45) is 4.27. The van der Waals surface area contributed by atoms with Gasteiger partial charge in [0.05, 0.1) is 5.92 Å². The Hall–Kier alpha value is -2.67. The van der Waals surface area contributed by atoms with E-state index in [-0.39, 0.29) is 17.7 Å². The molecular weight excluding hydrogens is 390 g/mol. The average Bonchev–Trinajstić information content (AvgIpc) is 2.75. The Bertz CT molecular complexity index is 889. The van der Waals surface area contributed by atoms with Crippen LogP contribution < -0.4 is 15.1 Å². The number of amides is 2. The van der Waals surface area contributed by atoms with Gasteiger partial charge in [0.2, 0.25) is 11.8 Å². The number of rotatable bonds is 4. The third-order valence-corrected chi connectivity index (χ3v) is 5.68. The normalized spacial score (nSPS) is 19.9. The Balaban J connectivity index is 1.41. The van der Waals surface area contributed by atoms with Crippen molar-refractivity contribution in [2.45, 2.75) is 32.1 Å². The maximum Gasteiger partial charge on any atom is 0.229 e. The zero-order valence-electron chi connectivity index (χ0n) is 16.2. The molecule has 4 rings (SSSR count). The average molecular weight is 414 g/mol. The first-order chi connectivity index (χ1) is 14.1. The van der Waals surface area contributed by atoms with Crippen LogP contribution in [0.1, 0.15) is 32.1 Å². The summed E-state index contributed by atoms with van der Waals surface area (Å²) in [7, 11) is 0. The topological polar surface area (TPSA) is 78.4 Å². The highest BCUT2D eigenvalue weighted by Gasteiger charge is 2.27. The van der Waals surface area contributed by atoms with E-state index in [0.29, 0.717) is 23.8 Å². The van der Waals surface area contributed by atoms with E-state index >= 15 is 0 Å². The molecule has 1 aromatic heterocycles. The van der Waals surface area contributed by atoms with Crippen molar-refractivity contribution < 1.29 is 9.59 Å². The molecule has 2 aliphatic rings. The smallest absolute Gasteiger partial charge is 0.229 e. The molecule has 1 aromatic carbocycles. The van der Waals surface area contributed by atoms with Crippen molar-refractivity contribution in [3.8, 4) is 0 Å². The van der Waals surface area contributed by atoms with E-state index in [9.17, 15) is 9.59 Å². The van der Waals surface area contributed by atoms with Crippen molar-refractivity contribution in [1.29, 1.82) is 0 Å². The molecule has 2 aliphatic heterocycles. The second-order valence-electron chi connectivity index (χ2n) is 7.54. The number of nitrogens with one attached hydrogen (secondary N) is 1. The minimum atomic E-state index is -0.137. The number of piperidine rings is 2. The molecule has 29 heavy (non-hydrogen) atoms. The predicted octanol–water partition coefficient (Wildman–Crippen LogP) is 3.50. The first-order valence-electron chi connectivity index (χ1n) is 10.1. The van der Waals surface area contributed by atoms with Crippen LogP contribution in [-0.2, 0) is 9.59 Å². The second-order valence-corrected chi connectivity index (χ2v) is 7.93. The van der Waals surface area contributed by atoms with Crippen LogP contribution in [0.25, 0.3) is 0 Å². The van der Waals surface area contributed by atoms with Gasteiger partial charge in [-0.3, -0.25) is 9.59 Å². The summed E-state index contributed by atoms with van der Waals surface area (Å²) in [6, 6.07) is 11.1. The van der Waals surface area contributed by atoms with Crippen LogP contribution >= 0.6 is 11.6 Å². The van der Waals surface area contributed by atoms with Gasteiger partial charge in [0.15, 0.2) is 11.0 Å². The maximum atomic E-state index is 12.9. The fourth-order valence-electron chi connectivity index (χ4n) is 3.95. The minimum Gasteiger partial charge on any atom is -0.354 e. The molecule has 2 amide bonds. The van der Waals surface area contributed by atoms with Crippen molar-refractivity contribution in [3.05, 3.63) is 41.6 Å². The van der Waals surface area contributed by atoms with Gasteiger partial charge in [0.1, 0.15) is 0 Å². The molecule has 2 aromatic rings. The summed E-state index contributed by atoms with van der Waals surface area (Å²) in [5.74, 6) is 0.726. The molecule has 1 unspecified atom stereocenters. The van der Waals surface area contributed by atoms with Crippen LogP contribution in [-0.4, -0.2) is 41.6 Å². The molecule has 2 fully saturated rings. The molecule has 0 aliphatic carbocycles. The zero-order valence-corrected chi connectivity index (χ0v) is 16.9. The van der Waals surface area contributed by atoms with Gasteiger partial charge in [-0.05, 0) is 56.0 Å². The van der Waals surface area contributed by atoms with Gasteiger partial charge < -0.3 is 15.1 Å². The largest absolute Gasteiger partial charge is 0.354 e. The van der Waals surface area contributed by atoms with Crippen molar-refractivity contribution in [3.63, 3.8) is 0 Å².